The number of thiophene rings is 1. The summed E-state index contributed by atoms with van der Waals surface area (Å²) in [4.78, 5) is 28.1. The van der Waals surface area contributed by atoms with E-state index in [0.29, 0.717) is 18.9 Å². The van der Waals surface area contributed by atoms with Crippen LogP contribution in [0.15, 0.2) is 41.3 Å². The molecule has 2 aromatic rings. The summed E-state index contributed by atoms with van der Waals surface area (Å²) >= 11 is 7.70. The van der Waals surface area contributed by atoms with Gasteiger partial charge in [-0.25, -0.2) is 0 Å². The Kier molecular flexibility index (Phi) is 5.63. The molecule has 2 aliphatic heterocycles. The number of aliphatic hydroxyl groups is 1. The van der Waals surface area contributed by atoms with Gasteiger partial charge in [0.1, 0.15) is 11.5 Å². The van der Waals surface area contributed by atoms with E-state index in [-0.39, 0.29) is 28.0 Å². The number of amides is 1. The van der Waals surface area contributed by atoms with Gasteiger partial charge in [0.05, 0.1) is 29.9 Å². The van der Waals surface area contributed by atoms with Crippen LogP contribution in [0.2, 0.25) is 5.02 Å². The van der Waals surface area contributed by atoms with Gasteiger partial charge in [-0.05, 0) is 42.5 Å². The van der Waals surface area contributed by atoms with Crippen LogP contribution in [0.3, 0.4) is 0 Å². The molecule has 4 rings (SSSR count). The van der Waals surface area contributed by atoms with Gasteiger partial charge in [0.2, 0.25) is 0 Å². The van der Waals surface area contributed by atoms with E-state index >= 15 is 0 Å². The number of ether oxygens (including phenoxy) is 2. The molecule has 3 heterocycles. The molecule has 1 aromatic carbocycles. The van der Waals surface area contributed by atoms with Crippen molar-refractivity contribution in [2.24, 2.45) is 0 Å². The van der Waals surface area contributed by atoms with Crippen molar-refractivity contribution in [3.05, 3.63) is 56.7 Å². The first kappa shape index (κ1) is 19.9. The largest absolute Gasteiger partial charge is 0.507 e. The van der Waals surface area contributed by atoms with Crippen molar-refractivity contribution in [1.29, 1.82) is 0 Å². The first-order chi connectivity index (χ1) is 14.0. The number of Topliss-reactive ketones (excluding diaryl/α,β-unsaturated/α-hetero) is 1. The Hall–Kier alpha value is -2.35. The van der Waals surface area contributed by atoms with E-state index in [4.69, 9.17) is 21.1 Å². The number of hydrogen-bond donors (Lipinski definition) is 1. The summed E-state index contributed by atoms with van der Waals surface area (Å²) in [5, 5.41) is 13.2. The average Bonchev–Trinajstić information content (AvgIpc) is 3.47. The molecule has 0 radical (unpaired) electrons. The number of aliphatic hydroxyl groups excluding tert-OH is 1. The van der Waals surface area contributed by atoms with Gasteiger partial charge in [-0.3, -0.25) is 9.59 Å². The Balaban J connectivity index is 1.83. The lowest BCUT2D eigenvalue weighted by Gasteiger charge is -2.26. The van der Waals surface area contributed by atoms with Crippen LogP contribution in [0.4, 0.5) is 0 Å². The molecule has 6 nitrogen and oxygen atoms in total. The Morgan fingerprint density at radius 1 is 1.38 bits per heavy atom. The third-order valence-electron chi connectivity index (χ3n) is 5.21. The minimum Gasteiger partial charge on any atom is -0.507 e. The molecule has 0 aliphatic carbocycles. The predicted molar refractivity (Wildman–Crippen MR) is 110 cm³/mol. The van der Waals surface area contributed by atoms with E-state index in [1.807, 2.05) is 17.5 Å². The lowest BCUT2D eigenvalue weighted by atomic mass is 9.99. The first-order valence-corrected chi connectivity index (χ1v) is 10.5. The standard InChI is InChI=1S/C21H20ClNO5S/c1-27-12-6-7-15(22)14(10-12)19(24)17-18(16-5-3-9-29-16)23(21(26)20(17)25)11-13-4-2-8-28-13/h3,5-7,9-10,13,18,24H,2,4,8,11H2,1H3/b19-17-. The van der Waals surface area contributed by atoms with Crippen molar-refractivity contribution in [3.63, 3.8) is 0 Å². The van der Waals surface area contributed by atoms with Crippen molar-refractivity contribution in [3.8, 4) is 5.75 Å². The van der Waals surface area contributed by atoms with E-state index in [1.54, 1.807) is 18.2 Å². The van der Waals surface area contributed by atoms with E-state index in [9.17, 15) is 14.7 Å². The first-order valence-electron chi connectivity index (χ1n) is 9.28. The summed E-state index contributed by atoms with van der Waals surface area (Å²) in [6, 6.07) is 7.82. The van der Waals surface area contributed by atoms with Gasteiger partial charge in [-0.15, -0.1) is 11.3 Å². The zero-order valence-corrected chi connectivity index (χ0v) is 17.3. The highest BCUT2D eigenvalue weighted by molar-refractivity contribution is 7.10. The van der Waals surface area contributed by atoms with Crippen molar-refractivity contribution in [2.45, 2.75) is 25.0 Å². The molecule has 0 spiro atoms. The lowest BCUT2D eigenvalue weighted by molar-refractivity contribution is -0.140. The molecule has 2 unspecified atom stereocenters. The Morgan fingerprint density at radius 3 is 2.86 bits per heavy atom. The number of hydrogen-bond acceptors (Lipinski definition) is 6. The number of rotatable bonds is 5. The van der Waals surface area contributed by atoms with Crippen LogP contribution in [0.1, 0.15) is 29.3 Å². The highest BCUT2D eigenvalue weighted by atomic mass is 35.5. The van der Waals surface area contributed by atoms with Crippen molar-refractivity contribution >= 4 is 40.4 Å². The van der Waals surface area contributed by atoms with Gasteiger partial charge < -0.3 is 19.5 Å². The summed E-state index contributed by atoms with van der Waals surface area (Å²) in [7, 11) is 1.50. The van der Waals surface area contributed by atoms with Crippen LogP contribution in [-0.4, -0.2) is 48.1 Å². The number of methoxy groups -OCH3 is 1. The van der Waals surface area contributed by atoms with Crippen LogP contribution < -0.4 is 4.74 Å². The lowest BCUT2D eigenvalue weighted by Crippen LogP contribution is -2.36. The molecule has 29 heavy (non-hydrogen) atoms. The van der Waals surface area contributed by atoms with Crippen molar-refractivity contribution < 1.29 is 24.2 Å². The zero-order chi connectivity index (χ0) is 20.5. The molecule has 8 heteroatoms. The number of nitrogens with zero attached hydrogens (tertiary/aromatic N) is 1. The summed E-state index contributed by atoms with van der Waals surface area (Å²) in [5.74, 6) is -1.19. The topological polar surface area (TPSA) is 76.1 Å². The Bertz CT molecular complexity index is 965. The van der Waals surface area contributed by atoms with Crippen LogP contribution >= 0.6 is 22.9 Å². The maximum atomic E-state index is 13.0. The van der Waals surface area contributed by atoms with Crippen LogP contribution in [0.25, 0.3) is 5.76 Å². The second-order valence-electron chi connectivity index (χ2n) is 6.95. The van der Waals surface area contributed by atoms with Gasteiger partial charge in [0.25, 0.3) is 11.7 Å². The number of ketones is 1. The fraction of sp³-hybridized carbons (Fsp3) is 0.333. The number of halogens is 1. The summed E-state index contributed by atoms with van der Waals surface area (Å²) in [6.45, 7) is 0.952. The molecule has 2 saturated heterocycles. The van der Waals surface area contributed by atoms with Crippen LogP contribution in [0.5, 0.6) is 5.75 Å². The molecule has 152 valence electrons. The fourth-order valence-electron chi connectivity index (χ4n) is 3.78. The van der Waals surface area contributed by atoms with Gasteiger partial charge in [0, 0.05) is 23.6 Å². The molecule has 2 fully saturated rings. The maximum Gasteiger partial charge on any atom is 0.295 e. The minimum atomic E-state index is -0.724. The van der Waals surface area contributed by atoms with E-state index in [0.717, 1.165) is 17.7 Å². The molecule has 1 N–H and O–H groups in total. The monoisotopic (exact) mass is 433 g/mol. The van der Waals surface area contributed by atoms with Crippen LogP contribution in [-0.2, 0) is 14.3 Å². The second kappa shape index (κ2) is 8.18. The zero-order valence-electron chi connectivity index (χ0n) is 15.8. The summed E-state index contributed by atoms with van der Waals surface area (Å²) < 4.78 is 10.9. The fourth-order valence-corrected chi connectivity index (χ4v) is 4.83. The molecule has 0 bridgehead atoms. The predicted octanol–water partition coefficient (Wildman–Crippen LogP) is 4.01. The highest BCUT2D eigenvalue weighted by Crippen LogP contribution is 2.42. The third-order valence-corrected chi connectivity index (χ3v) is 6.46. The number of likely N-dealkylation sites (tertiary alicyclic amines) is 1. The highest BCUT2D eigenvalue weighted by Gasteiger charge is 2.47. The number of benzene rings is 1. The molecule has 0 saturated carbocycles. The van der Waals surface area contributed by atoms with Crippen molar-refractivity contribution in [2.75, 3.05) is 20.3 Å². The van der Waals surface area contributed by atoms with Gasteiger partial charge >= 0.3 is 0 Å². The van der Waals surface area contributed by atoms with Crippen LogP contribution in [0, 0.1) is 0 Å². The second-order valence-corrected chi connectivity index (χ2v) is 8.33. The molecule has 2 aliphatic rings. The average molecular weight is 434 g/mol. The SMILES string of the molecule is COc1ccc(Cl)c(/C(O)=C2/C(=O)C(=O)N(CC3CCCO3)C2c2cccs2)c1. The number of carbonyl (C=O) groups excluding carboxylic acids is 2. The maximum absolute atomic E-state index is 13.0. The van der Waals surface area contributed by atoms with Gasteiger partial charge in [-0.2, -0.15) is 0 Å². The Labute approximate surface area is 177 Å². The minimum absolute atomic E-state index is 0.0330. The molecule has 1 aromatic heterocycles. The molecule has 2 atom stereocenters. The molecular weight excluding hydrogens is 414 g/mol. The quantitative estimate of drug-likeness (QED) is 0.438. The summed E-state index contributed by atoms with van der Waals surface area (Å²) in [5.41, 5.74) is 0.285. The normalized spacial score (nSPS) is 23.7. The molecular formula is C21H20ClNO5S. The Morgan fingerprint density at radius 2 is 2.21 bits per heavy atom. The smallest absolute Gasteiger partial charge is 0.295 e. The van der Waals surface area contributed by atoms with Gasteiger partial charge in [-0.1, -0.05) is 17.7 Å². The van der Waals surface area contributed by atoms with E-state index < -0.39 is 17.7 Å². The third kappa shape index (κ3) is 3.66. The summed E-state index contributed by atoms with van der Waals surface area (Å²) in [6.07, 6.45) is 1.65. The van der Waals surface area contributed by atoms with Crippen molar-refractivity contribution in [1.82, 2.24) is 4.90 Å². The van der Waals surface area contributed by atoms with E-state index in [2.05, 4.69) is 0 Å². The van der Waals surface area contributed by atoms with Gasteiger partial charge in [0.15, 0.2) is 0 Å². The number of carbonyl (C=O) groups is 2. The molecule has 1 amide bonds. The van der Waals surface area contributed by atoms with E-state index in [1.165, 1.54) is 23.3 Å².